The van der Waals surface area contributed by atoms with Crippen LogP contribution in [0.15, 0.2) is 0 Å². The first kappa shape index (κ1) is 13.7. The Hall–Kier alpha value is -0.680. The van der Waals surface area contributed by atoms with Crippen molar-refractivity contribution >= 4 is 16.7 Å². The van der Waals surface area contributed by atoms with Crippen LogP contribution < -0.4 is 5.32 Å². The highest BCUT2D eigenvalue weighted by Crippen LogP contribution is 2.39. The van der Waals surface area contributed by atoms with Crippen LogP contribution in [-0.2, 0) is 5.41 Å². The summed E-state index contributed by atoms with van der Waals surface area (Å²) in [5, 5.41) is 13.9. The molecule has 2 rings (SSSR count). The lowest BCUT2D eigenvalue weighted by Crippen LogP contribution is -2.36. The van der Waals surface area contributed by atoms with Gasteiger partial charge in [0.2, 0.25) is 5.13 Å². The first-order valence-electron chi connectivity index (χ1n) is 6.57. The first-order chi connectivity index (χ1) is 8.35. The lowest BCUT2D eigenvalue weighted by molar-refractivity contribution is 0.139. The maximum atomic E-state index is 9.54. The molecule has 2 unspecified atom stereocenters. The molecule has 1 saturated carbocycles. The maximum Gasteiger partial charge on any atom is 0.202 e. The molecule has 1 aromatic heterocycles. The highest BCUT2D eigenvalue weighted by atomic mass is 32.1. The number of aliphatic hydroxyl groups is 1. The van der Waals surface area contributed by atoms with E-state index in [1.807, 2.05) is 0 Å². The molecule has 1 fully saturated rings. The van der Waals surface area contributed by atoms with Gasteiger partial charge in [0, 0.05) is 28.4 Å². The average molecular weight is 269 g/mol. The summed E-state index contributed by atoms with van der Waals surface area (Å²) in [7, 11) is 0. The van der Waals surface area contributed by atoms with Gasteiger partial charge in [0.15, 0.2) is 0 Å². The Morgan fingerprint density at radius 1 is 1.50 bits per heavy atom. The van der Waals surface area contributed by atoms with Gasteiger partial charge in [0.1, 0.15) is 5.82 Å². The molecule has 2 atom stereocenters. The van der Waals surface area contributed by atoms with Gasteiger partial charge >= 0.3 is 0 Å². The quantitative estimate of drug-likeness (QED) is 0.886. The van der Waals surface area contributed by atoms with E-state index in [9.17, 15) is 5.11 Å². The van der Waals surface area contributed by atoms with Gasteiger partial charge in [0.25, 0.3) is 0 Å². The molecule has 0 bridgehead atoms. The van der Waals surface area contributed by atoms with E-state index in [0.717, 1.165) is 23.8 Å². The van der Waals surface area contributed by atoms with E-state index in [1.165, 1.54) is 18.0 Å². The van der Waals surface area contributed by atoms with Gasteiger partial charge in [-0.2, -0.15) is 4.37 Å². The van der Waals surface area contributed by atoms with Crippen molar-refractivity contribution in [3.8, 4) is 0 Å². The number of nitrogens with one attached hydrogen (secondary N) is 1. The van der Waals surface area contributed by atoms with E-state index in [1.54, 1.807) is 0 Å². The van der Waals surface area contributed by atoms with Crippen molar-refractivity contribution in [3.63, 3.8) is 0 Å². The molecule has 1 aliphatic rings. The maximum absolute atomic E-state index is 9.54. The number of hydrogen-bond donors (Lipinski definition) is 2. The molecule has 2 N–H and O–H groups in total. The molecule has 5 heteroatoms. The van der Waals surface area contributed by atoms with Gasteiger partial charge in [0.05, 0.1) is 6.61 Å². The predicted molar refractivity (Wildman–Crippen MR) is 75.1 cm³/mol. The monoisotopic (exact) mass is 269 g/mol. The Morgan fingerprint density at radius 3 is 2.78 bits per heavy atom. The zero-order chi connectivity index (χ0) is 13.4. The second kappa shape index (κ2) is 4.78. The van der Waals surface area contributed by atoms with Crippen molar-refractivity contribution in [2.45, 2.75) is 58.4 Å². The third-order valence-corrected chi connectivity index (χ3v) is 4.48. The summed E-state index contributed by atoms with van der Waals surface area (Å²) in [5.74, 6) is 0.888. The van der Waals surface area contributed by atoms with Crippen LogP contribution in [0.4, 0.5) is 5.13 Å². The molecular formula is C13H23N3OS. The van der Waals surface area contributed by atoms with Crippen LogP contribution in [0.25, 0.3) is 0 Å². The molecule has 102 valence electrons. The first-order valence-corrected chi connectivity index (χ1v) is 7.34. The Balaban J connectivity index is 2.08. The molecule has 18 heavy (non-hydrogen) atoms. The van der Waals surface area contributed by atoms with Crippen molar-refractivity contribution in [1.29, 1.82) is 0 Å². The van der Waals surface area contributed by atoms with E-state index in [0.29, 0.717) is 6.04 Å². The van der Waals surface area contributed by atoms with Crippen LogP contribution in [0.1, 0.15) is 52.8 Å². The Kier molecular flexibility index (Phi) is 3.65. The van der Waals surface area contributed by atoms with Gasteiger partial charge in [-0.3, -0.25) is 0 Å². The van der Waals surface area contributed by atoms with E-state index in [2.05, 4.69) is 42.4 Å². The van der Waals surface area contributed by atoms with Crippen LogP contribution in [0, 0.1) is 5.41 Å². The van der Waals surface area contributed by atoms with Crippen LogP contribution in [0.2, 0.25) is 0 Å². The molecule has 0 aliphatic heterocycles. The van der Waals surface area contributed by atoms with Crippen molar-refractivity contribution < 1.29 is 5.11 Å². The number of rotatable bonds is 3. The minimum Gasteiger partial charge on any atom is -0.396 e. The van der Waals surface area contributed by atoms with E-state index in [4.69, 9.17) is 0 Å². The summed E-state index contributed by atoms with van der Waals surface area (Å²) in [4.78, 5) is 4.56. The van der Waals surface area contributed by atoms with Crippen molar-refractivity contribution in [2.24, 2.45) is 5.41 Å². The molecule has 0 radical (unpaired) electrons. The summed E-state index contributed by atoms with van der Waals surface area (Å²) >= 11 is 1.42. The van der Waals surface area contributed by atoms with Gasteiger partial charge in [-0.1, -0.05) is 34.1 Å². The molecule has 1 aliphatic carbocycles. The zero-order valence-electron chi connectivity index (χ0n) is 11.7. The molecule has 0 spiro atoms. The number of aliphatic hydroxyl groups excluding tert-OH is 1. The van der Waals surface area contributed by atoms with Crippen molar-refractivity contribution in [2.75, 3.05) is 11.9 Å². The van der Waals surface area contributed by atoms with E-state index < -0.39 is 0 Å². The number of hydrogen-bond acceptors (Lipinski definition) is 5. The Bertz CT molecular complexity index is 413. The summed E-state index contributed by atoms with van der Waals surface area (Å²) in [6.45, 7) is 8.73. The van der Waals surface area contributed by atoms with E-state index in [-0.39, 0.29) is 17.4 Å². The molecule has 0 saturated heterocycles. The minimum absolute atomic E-state index is 0.00755. The number of nitrogens with zero attached hydrogens (tertiary/aromatic N) is 2. The third-order valence-electron chi connectivity index (χ3n) is 3.84. The Morgan fingerprint density at radius 2 is 2.22 bits per heavy atom. The third kappa shape index (κ3) is 2.67. The fourth-order valence-corrected chi connectivity index (χ4v) is 3.21. The van der Waals surface area contributed by atoms with Crippen LogP contribution in [-0.4, -0.2) is 27.1 Å². The smallest absolute Gasteiger partial charge is 0.202 e. The SMILES string of the molecule is CC(C)(C)c1nsc(NC2CCCC2(C)CO)n1. The number of aromatic nitrogens is 2. The molecule has 4 nitrogen and oxygen atoms in total. The van der Waals surface area contributed by atoms with Gasteiger partial charge in [-0.05, 0) is 12.8 Å². The topological polar surface area (TPSA) is 58.0 Å². The largest absolute Gasteiger partial charge is 0.396 e. The average Bonchev–Trinajstić information content (AvgIpc) is 2.87. The molecule has 1 heterocycles. The fourth-order valence-electron chi connectivity index (χ4n) is 2.40. The Labute approximate surface area is 113 Å². The van der Waals surface area contributed by atoms with Crippen molar-refractivity contribution in [1.82, 2.24) is 9.36 Å². The lowest BCUT2D eigenvalue weighted by atomic mass is 9.86. The normalized spacial score (nSPS) is 28.6. The molecule has 1 aromatic rings. The second-order valence-corrected chi connectivity index (χ2v) is 7.33. The predicted octanol–water partition coefficient (Wildman–Crippen LogP) is 2.80. The number of anilines is 1. The lowest BCUT2D eigenvalue weighted by Gasteiger charge is -2.29. The standard InChI is InChI=1S/C13H23N3OS/c1-12(2,3)10-15-11(18-16-10)14-9-6-5-7-13(9,4)8-17/h9,17H,5-8H2,1-4H3,(H,14,15,16). The van der Waals surface area contributed by atoms with Gasteiger partial charge in [-0.15, -0.1) is 0 Å². The minimum atomic E-state index is -0.0203. The van der Waals surface area contributed by atoms with Crippen LogP contribution in [0.5, 0.6) is 0 Å². The fraction of sp³-hybridized carbons (Fsp3) is 0.846. The second-order valence-electron chi connectivity index (χ2n) is 6.57. The molecule has 0 amide bonds. The highest BCUT2D eigenvalue weighted by molar-refractivity contribution is 7.09. The van der Waals surface area contributed by atoms with Crippen molar-refractivity contribution in [3.05, 3.63) is 5.82 Å². The summed E-state index contributed by atoms with van der Waals surface area (Å²) < 4.78 is 4.41. The summed E-state index contributed by atoms with van der Waals surface area (Å²) in [6.07, 6.45) is 3.34. The van der Waals surface area contributed by atoms with Gasteiger partial charge in [-0.25, -0.2) is 4.98 Å². The summed E-state index contributed by atoms with van der Waals surface area (Å²) in [5.41, 5.74) is -0.0278. The molecular weight excluding hydrogens is 246 g/mol. The zero-order valence-corrected chi connectivity index (χ0v) is 12.5. The molecule has 0 aromatic carbocycles. The van der Waals surface area contributed by atoms with Crippen LogP contribution in [0.3, 0.4) is 0 Å². The van der Waals surface area contributed by atoms with Crippen LogP contribution >= 0.6 is 11.5 Å². The summed E-state index contributed by atoms with van der Waals surface area (Å²) in [6, 6.07) is 0.309. The highest BCUT2D eigenvalue weighted by Gasteiger charge is 2.38. The van der Waals surface area contributed by atoms with Gasteiger partial charge < -0.3 is 10.4 Å². The van der Waals surface area contributed by atoms with E-state index >= 15 is 0 Å².